The molecule has 152 valence electrons. The van der Waals surface area contributed by atoms with E-state index in [0.717, 1.165) is 30.6 Å². The molecule has 0 unspecified atom stereocenters. The summed E-state index contributed by atoms with van der Waals surface area (Å²) >= 11 is 0. The molecule has 1 spiro atoms. The number of nitrogens with zero attached hydrogens (tertiary/aromatic N) is 5. The van der Waals surface area contributed by atoms with Crippen LogP contribution in [0.2, 0.25) is 0 Å². The summed E-state index contributed by atoms with van der Waals surface area (Å²) in [7, 11) is 0. The first kappa shape index (κ1) is 17.8. The Labute approximate surface area is 172 Å². The molecular weight excluding hydrogens is 388 g/mol. The molecule has 2 atom stereocenters. The maximum absolute atomic E-state index is 14.5. The second-order valence-electron chi connectivity index (χ2n) is 8.55. The Bertz CT molecular complexity index is 1100. The molecule has 8 heteroatoms. The Morgan fingerprint density at radius 1 is 0.900 bits per heavy atom. The van der Waals surface area contributed by atoms with Crippen molar-refractivity contribution in [3.8, 4) is 11.6 Å². The fourth-order valence-corrected chi connectivity index (χ4v) is 4.54. The maximum atomic E-state index is 14.5. The quantitative estimate of drug-likeness (QED) is 0.661. The van der Waals surface area contributed by atoms with Crippen LogP contribution in [0.3, 0.4) is 0 Å². The first-order valence-corrected chi connectivity index (χ1v) is 10.0. The Kier molecular flexibility index (Phi) is 3.86. The van der Waals surface area contributed by atoms with Gasteiger partial charge < -0.3 is 9.64 Å². The highest BCUT2D eigenvalue weighted by Crippen LogP contribution is 2.55. The summed E-state index contributed by atoms with van der Waals surface area (Å²) in [4.78, 5) is 19.0. The van der Waals surface area contributed by atoms with E-state index in [1.165, 1.54) is 6.07 Å². The molecule has 2 aromatic heterocycles. The number of anilines is 1. The molecule has 2 saturated heterocycles. The highest BCUT2D eigenvalue weighted by Gasteiger charge is 2.50. The van der Waals surface area contributed by atoms with Crippen LogP contribution in [0.1, 0.15) is 29.4 Å². The number of hydrogen-bond acceptors (Lipinski definition) is 6. The molecule has 2 aliphatic heterocycles. The van der Waals surface area contributed by atoms with Gasteiger partial charge in [-0.2, -0.15) is 0 Å². The average Bonchev–Trinajstić information content (AvgIpc) is 3.50. The monoisotopic (exact) mass is 407 g/mol. The Morgan fingerprint density at radius 3 is 2.23 bits per heavy atom. The minimum absolute atomic E-state index is 0.141. The molecule has 30 heavy (non-hydrogen) atoms. The molecule has 6 rings (SSSR count). The van der Waals surface area contributed by atoms with Crippen LogP contribution in [0.4, 0.5) is 14.5 Å². The molecule has 0 amide bonds. The molecule has 0 radical (unpaired) electrons. The van der Waals surface area contributed by atoms with Crippen LogP contribution in [0.5, 0.6) is 0 Å². The Morgan fingerprint density at radius 2 is 1.57 bits per heavy atom. The van der Waals surface area contributed by atoms with Crippen molar-refractivity contribution in [1.29, 1.82) is 0 Å². The van der Waals surface area contributed by atoms with Crippen molar-refractivity contribution in [1.82, 2.24) is 19.9 Å². The molecule has 1 aliphatic carbocycles. The lowest BCUT2D eigenvalue weighted by Crippen LogP contribution is -2.66. The van der Waals surface area contributed by atoms with E-state index >= 15 is 0 Å². The van der Waals surface area contributed by atoms with E-state index in [1.54, 1.807) is 30.9 Å². The van der Waals surface area contributed by atoms with E-state index in [0.29, 0.717) is 30.5 Å². The van der Waals surface area contributed by atoms with Gasteiger partial charge in [0.1, 0.15) is 0 Å². The molecule has 1 aromatic carbocycles. The predicted molar refractivity (Wildman–Crippen MR) is 105 cm³/mol. The van der Waals surface area contributed by atoms with E-state index in [-0.39, 0.29) is 17.3 Å². The van der Waals surface area contributed by atoms with Gasteiger partial charge in [0.15, 0.2) is 23.3 Å². The van der Waals surface area contributed by atoms with Gasteiger partial charge in [-0.15, -0.1) is 0 Å². The Balaban J connectivity index is 1.21. The van der Waals surface area contributed by atoms with Crippen molar-refractivity contribution in [2.24, 2.45) is 5.41 Å². The third-order valence-electron chi connectivity index (χ3n) is 6.33. The van der Waals surface area contributed by atoms with Crippen LogP contribution < -0.4 is 4.90 Å². The van der Waals surface area contributed by atoms with Gasteiger partial charge in [0, 0.05) is 37.9 Å². The fourth-order valence-electron chi connectivity index (χ4n) is 4.54. The second kappa shape index (κ2) is 6.50. The number of hydrogen-bond donors (Lipinski definition) is 0. The number of benzene rings is 1. The molecular formula is C22H19F2N5O. The van der Waals surface area contributed by atoms with Gasteiger partial charge in [0.2, 0.25) is 0 Å². The lowest BCUT2D eigenvalue weighted by molar-refractivity contribution is -0.127. The molecule has 4 heterocycles. The van der Waals surface area contributed by atoms with Gasteiger partial charge in [-0.25, -0.2) is 28.7 Å². The number of rotatable bonds is 4. The molecule has 0 N–H and O–H groups in total. The van der Waals surface area contributed by atoms with Gasteiger partial charge in [0.05, 0.1) is 24.3 Å². The summed E-state index contributed by atoms with van der Waals surface area (Å²) in [5, 5.41) is 0. The molecule has 3 fully saturated rings. The summed E-state index contributed by atoms with van der Waals surface area (Å²) in [6.45, 7) is 2.86. The van der Waals surface area contributed by atoms with Crippen LogP contribution in [0.15, 0.2) is 43.0 Å². The lowest BCUT2D eigenvalue weighted by atomic mass is 9.77. The first-order valence-electron chi connectivity index (χ1n) is 10.0. The summed E-state index contributed by atoms with van der Waals surface area (Å²) in [5.74, 6) is -0.252. The summed E-state index contributed by atoms with van der Waals surface area (Å²) in [5.41, 5.74) is 2.32. The lowest BCUT2D eigenvalue weighted by Gasteiger charge is -2.56. The summed E-state index contributed by atoms with van der Waals surface area (Å²) in [6.07, 6.45) is 7.72. The second-order valence-corrected chi connectivity index (χ2v) is 8.55. The largest absolute Gasteiger partial charge is 0.380 e. The fraction of sp³-hybridized carbons (Fsp3) is 0.364. The predicted octanol–water partition coefficient (Wildman–Crippen LogP) is 3.32. The van der Waals surface area contributed by atoms with E-state index in [2.05, 4.69) is 19.9 Å². The van der Waals surface area contributed by atoms with Gasteiger partial charge in [-0.1, -0.05) is 0 Å². The number of aromatic nitrogens is 4. The smallest absolute Gasteiger partial charge is 0.197 e. The molecule has 0 bridgehead atoms. The van der Waals surface area contributed by atoms with E-state index in [4.69, 9.17) is 4.74 Å². The van der Waals surface area contributed by atoms with Crippen LogP contribution in [0, 0.1) is 17.0 Å². The number of ether oxygens (including phenoxy) is 1. The highest BCUT2D eigenvalue weighted by atomic mass is 19.2. The van der Waals surface area contributed by atoms with Gasteiger partial charge in [-0.3, -0.25) is 0 Å². The van der Waals surface area contributed by atoms with Gasteiger partial charge >= 0.3 is 0 Å². The van der Waals surface area contributed by atoms with Crippen LogP contribution in [0.25, 0.3) is 11.6 Å². The van der Waals surface area contributed by atoms with Crippen LogP contribution in [-0.4, -0.2) is 46.2 Å². The summed E-state index contributed by atoms with van der Waals surface area (Å²) < 4.78 is 34.1. The number of halogens is 2. The molecule has 1 saturated carbocycles. The zero-order chi connectivity index (χ0) is 20.3. The topological polar surface area (TPSA) is 64.0 Å². The van der Waals surface area contributed by atoms with E-state index in [9.17, 15) is 8.78 Å². The average molecular weight is 407 g/mol. The zero-order valence-electron chi connectivity index (χ0n) is 16.1. The minimum Gasteiger partial charge on any atom is -0.380 e. The third kappa shape index (κ3) is 2.86. The van der Waals surface area contributed by atoms with Crippen molar-refractivity contribution in [3.63, 3.8) is 0 Å². The van der Waals surface area contributed by atoms with Crippen molar-refractivity contribution >= 4 is 5.69 Å². The van der Waals surface area contributed by atoms with Crippen molar-refractivity contribution < 1.29 is 13.5 Å². The van der Waals surface area contributed by atoms with Crippen molar-refractivity contribution in [2.45, 2.75) is 18.3 Å². The van der Waals surface area contributed by atoms with Gasteiger partial charge in [0.25, 0.3) is 0 Å². The highest BCUT2D eigenvalue weighted by molar-refractivity contribution is 5.56. The maximum Gasteiger partial charge on any atom is 0.197 e. The van der Waals surface area contributed by atoms with Gasteiger partial charge in [-0.05, 0) is 47.6 Å². The normalized spacial score (nSPS) is 23.7. The van der Waals surface area contributed by atoms with Crippen molar-refractivity contribution in [3.05, 3.63) is 65.7 Å². The third-order valence-corrected chi connectivity index (χ3v) is 6.33. The zero-order valence-corrected chi connectivity index (χ0v) is 16.1. The molecule has 3 aliphatic rings. The van der Waals surface area contributed by atoms with Crippen LogP contribution in [-0.2, 0) is 4.74 Å². The molecule has 3 aromatic rings. The summed E-state index contributed by atoms with van der Waals surface area (Å²) in [6, 6.07) is 4.88. The minimum atomic E-state index is -0.785. The van der Waals surface area contributed by atoms with Crippen LogP contribution >= 0.6 is 0 Å². The molecule has 6 nitrogen and oxygen atoms in total. The van der Waals surface area contributed by atoms with E-state index in [1.807, 2.05) is 11.0 Å². The standard InChI is InChI=1S/C22H19F2N5O/c23-17-4-13(5-18(19(17)24)29-9-22(10-29)11-30-12-22)15-6-16(15)14-7-27-21(28-8-14)20-25-2-1-3-26-20/h1-5,7-8,15-16H,6,9-12H2/t15-,16+/m0/s1. The first-order chi connectivity index (χ1) is 14.6. The van der Waals surface area contributed by atoms with E-state index < -0.39 is 11.6 Å². The SMILES string of the molecule is Fc1cc([C@@H]2C[C@@H]2c2cnc(-c3ncccn3)nc2)cc(N2CC3(COC3)C2)c1F. The van der Waals surface area contributed by atoms with Crippen molar-refractivity contribution in [2.75, 3.05) is 31.2 Å². The Hall–Kier alpha value is -3.00.